The van der Waals surface area contributed by atoms with E-state index in [4.69, 9.17) is 14.2 Å². The molecule has 3 aromatic heterocycles. The summed E-state index contributed by atoms with van der Waals surface area (Å²) < 4.78 is 21.6. The van der Waals surface area contributed by atoms with Gasteiger partial charge in [0.05, 0.1) is 36.5 Å². The van der Waals surface area contributed by atoms with E-state index in [9.17, 15) is 14.4 Å². The third-order valence-corrected chi connectivity index (χ3v) is 7.94. The molecule has 9 nitrogen and oxygen atoms in total. The molecule has 1 aromatic carbocycles. The van der Waals surface area contributed by atoms with Crippen molar-refractivity contribution in [1.82, 2.24) is 0 Å². The van der Waals surface area contributed by atoms with Crippen LogP contribution in [0.1, 0.15) is 85.2 Å². The molecule has 0 saturated heterocycles. The van der Waals surface area contributed by atoms with E-state index < -0.39 is 0 Å². The Hall–Kier alpha value is -4.92. The largest absolute Gasteiger partial charge is 0.462 e. The number of carbonyl (C=O) groups excluding carboxylic acids is 3. The number of hydrogen-bond donors (Lipinski definition) is 0. The second-order valence-corrected chi connectivity index (χ2v) is 10.7. The van der Waals surface area contributed by atoms with Gasteiger partial charge in [-0.1, -0.05) is 0 Å². The van der Waals surface area contributed by atoms with Gasteiger partial charge in [0.2, 0.25) is 0 Å². The first-order chi connectivity index (χ1) is 21.7. The second-order valence-electron chi connectivity index (χ2n) is 10.7. The fraction of sp³-hybridized carbons (Fsp3) is 0.333. The van der Waals surface area contributed by atoms with Crippen molar-refractivity contribution in [3.63, 3.8) is 0 Å². The summed E-state index contributed by atoms with van der Waals surface area (Å²) in [5, 5.41) is 0. The first-order valence-corrected chi connectivity index (χ1v) is 15.3. The molecular formula is C36H42N3O6+3. The summed E-state index contributed by atoms with van der Waals surface area (Å²) in [4.78, 5) is 36.6. The number of nitrogens with zero attached hydrogens (tertiary/aromatic N) is 3. The van der Waals surface area contributed by atoms with E-state index in [1.807, 2.05) is 37.2 Å². The number of pyridine rings is 3. The third kappa shape index (κ3) is 7.98. The molecule has 234 valence electrons. The lowest BCUT2D eigenvalue weighted by atomic mass is 9.87. The maximum absolute atomic E-state index is 12.2. The molecule has 0 atom stereocenters. The predicted octanol–water partition coefficient (Wildman–Crippen LogP) is 4.15. The fourth-order valence-corrected chi connectivity index (χ4v) is 5.39. The molecule has 0 amide bonds. The summed E-state index contributed by atoms with van der Waals surface area (Å²) in [6.07, 6.45) is 11.4. The number of hydrogen-bond acceptors (Lipinski definition) is 6. The molecule has 0 unspecified atom stereocenters. The van der Waals surface area contributed by atoms with Crippen molar-refractivity contribution in [2.45, 2.75) is 61.2 Å². The first kappa shape index (κ1) is 33.0. The van der Waals surface area contributed by atoms with E-state index >= 15 is 0 Å². The Balaban J connectivity index is 1.73. The van der Waals surface area contributed by atoms with Crippen molar-refractivity contribution < 1.29 is 42.3 Å². The van der Waals surface area contributed by atoms with Gasteiger partial charge in [-0.3, -0.25) is 0 Å². The van der Waals surface area contributed by atoms with Crippen molar-refractivity contribution in [2.24, 2.45) is 0 Å². The summed E-state index contributed by atoms with van der Waals surface area (Å²) >= 11 is 0. The molecule has 9 heteroatoms. The van der Waals surface area contributed by atoms with E-state index in [1.54, 1.807) is 57.2 Å². The maximum Gasteiger partial charge on any atom is 0.338 e. The molecule has 0 saturated carbocycles. The van der Waals surface area contributed by atoms with Crippen LogP contribution in [-0.2, 0) is 33.8 Å². The van der Waals surface area contributed by atoms with Crippen LogP contribution in [-0.4, -0.2) is 37.7 Å². The van der Waals surface area contributed by atoms with Crippen LogP contribution in [0.25, 0.3) is 0 Å². The highest BCUT2D eigenvalue weighted by molar-refractivity contribution is 5.89. The Kier molecular flexibility index (Phi) is 11.1. The molecule has 0 radical (unpaired) electrons. The number of ether oxygens (including phenoxy) is 3. The Morgan fingerprint density at radius 1 is 0.467 bits per heavy atom. The molecule has 0 bridgehead atoms. The third-order valence-electron chi connectivity index (χ3n) is 7.94. The summed E-state index contributed by atoms with van der Waals surface area (Å²) in [5.41, 5.74) is 8.64. The number of carbonyl (C=O) groups is 3. The topological polar surface area (TPSA) is 90.5 Å². The highest BCUT2D eigenvalue weighted by atomic mass is 16.5. The van der Waals surface area contributed by atoms with E-state index in [-0.39, 0.29) is 17.9 Å². The van der Waals surface area contributed by atoms with Crippen LogP contribution in [0.5, 0.6) is 0 Å². The van der Waals surface area contributed by atoms with E-state index in [1.165, 1.54) is 33.4 Å². The van der Waals surface area contributed by atoms with Crippen molar-refractivity contribution in [3.8, 4) is 0 Å². The smallest absolute Gasteiger partial charge is 0.338 e. The lowest BCUT2D eigenvalue weighted by Gasteiger charge is -2.19. The van der Waals surface area contributed by atoms with Gasteiger partial charge in [-0.2, -0.15) is 0 Å². The predicted molar refractivity (Wildman–Crippen MR) is 166 cm³/mol. The van der Waals surface area contributed by atoms with Crippen LogP contribution in [0.2, 0.25) is 0 Å². The van der Waals surface area contributed by atoms with Crippen LogP contribution >= 0.6 is 0 Å². The van der Waals surface area contributed by atoms with Crippen LogP contribution in [0.4, 0.5) is 0 Å². The monoisotopic (exact) mass is 612 g/mol. The number of benzene rings is 1. The molecule has 4 rings (SSSR count). The van der Waals surface area contributed by atoms with Gasteiger partial charge in [0.25, 0.3) is 0 Å². The van der Waals surface area contributed by atoms with Crippen LogP contribution < -0.4 is 13.7 Å². The minimum atomic E-state index is -0.339. The average molecular weight is 613 g/mol. The Labute approximate surface area is 264 Å². The summed E-state index contributed by atoms with van der Waals surface area (Å²) in [6, 6.07) is 10.7. The zero-order valence-electron chi connectivity index (χ0n) is 27.0. The standard InChI is InChI=1S/C36H42N3O6/c1-7-43-34(40)28-10-16-37(17-11-28)22-31-25(4)32(23-38-18-12-29(13-19-38)35(41)44-8-2)27(6)33(26(31)5)24-39-20-14-30(15-21-39)36(42)45-9-3/h10-21H,7-9,22-24H2,1-6H3/q+3. The highest BCUT2D eigenvalue weighted by Crippen LogP contribution is 2.27. The molecule has 45 heavy (non-hydrogen) atoms. The van der Waals surface area contributed by atoms with Gasteiger partial charge < -0.3 is 14.2 Å². The molecule has 4 aromatic rings. The van der Waals surface area contributed by atoms with Gasteiger partial charge in [-0.05, 0) is 58.2 Å². The molecule has 0 N–H and O–H groups in total. The Morgan fingerprint density at radius 3 is 0.889 bits per heavy atom. The lowest BCUT2D eigenvalue weighted by molar-refractivity contribution is -0.690. The van der Waals surface area contributed by atoms with Crippen LogP contribution in [0.15, 0.2) is 73.6 Å². The molecule has 0 aliphatic rings. The Bertz CT molecular complexity index is 1440. The summed E-state index contributed by atoms with van der Waals surface area (Å²) in [7, 11) is 0. The normalized spacial score (nSPS) is 10.8. The Morgan fingerprint density at radius 2 is 0.689 bits per heavy atom. The molecule has 0 spiro atoms. The molecule has 3 heterocycles. The zero-order chi connectivity index (χ0) is 32.5. The second kappa shape index (κ2) is 15.2. The first-order valence-electron chi connectivity index (χ1n) is 15.3. The highest BCUT2D eigenvalue weighted by Gasteiger charge is 2.24. The van der Waals surface area contributed by atoms with Crippen molar-refractivity contribution in [3.05, 3.63) is 124 Å². The number of aromatic nitrogens is 3. The molecule has 0 aliphatic carbocycles. The van der Waals surface area contributed by atoms with Crippen molar-refractivity contribution >= 4 is 17.9 Å². The fourth-order valence-electron chi connectivity index (χ4n) is 5.39. The quantitative estimate of drug-likeness (QED) is 0.136. The van der Waals surface area contributed by atoms with Gasteiger partial charge in [0.1, 0.15) is 0 Å². The minimum Gasteiger partial charge on any atom is -0.462 e. The molecule has 0 aliphatic heterocycles. The van der Waals surface area contributed by atoms with Gasteiger partial charge in [0, 0.05) is 53.1 Å². The zero-order valence-corrected chi connectivity index (χ0v) is 27.0. The minimum absolute atomic E-state index is 0.328. The molecular weight excluding hydrogens is 570 g/mol. The summed E-state index contributed by atoms with van der Waals surface area (Å²) in [6.45, 7) is 14.6. The van der Waals surface area contributed by atoms with Gasteiger partial charge in [-0.15, -0.1) is 0 Å². The van der Waals surface area contributed by atoms with Gasteiger partial charge >= 0.3 is 17.9 Å². The van der Waals surface area contributed by atoms with Crippen LogP contribution in [0, 0.1) is 20.8 Å². The number of rotatable bonds is 12. The van der Waals surface area contributed by atoms with E-state index in [2.05, 4.69) is 34.5 Å². The maximum atomic E-state index is 12.2. The SMILES string of the molecule is CCOC(=O)c1cc[n+](Cc2c(C)c(C[n+]3ccc(C(=O)OCC)cc3)c(C)c(C[n+]3ccc(C(=O)OCC)cc3)c2C)cc1. The lowest BCUT2D eigenvalue weighted by Crippen LogP contribution is -2.38. The van der Waals surface area contributed by atoms with Gasteiger partial charge in [-0.25, -0.2) is 28.1 Å². The van der Waals surface area contributed by atoms with Crippen LogP contribution in [0.3, 0.4) is 0 Å². The van der Waals surface area contributed by atoms with Crippen molar-refractivity contribution in [1.29, 1.82) is 0 Å². The van der Waals surface area contributed by atoms with E-state index in [0.29, 0.717) is 56.1 Å². The average Bonchev–Trinajstić information content (AvgIpc) is 3.04. The van der Waals surface area contributed by atoms with Crippen molar-refractivity contribution in [2.75, 3.05) is 19.8 Å². The van der Waals surface area contributed by atoms with E-state index in [0.717, 1.165) is 0 Å². The summed E-state index contributed by atoms with van der Waals surface area (Å²) in [5.74, 6) is -1.02. The van der Waals surface area contributed by atoms with Gasteiger partial charge in [0.15, 0.2) is 56.8 Å². The molecule has 0 fully saturated rings. The number of esters is 3.